The Morgan fingerprint density at radius 3 is 2.41 bits per heavy atom. The topological polar surface area (TPSA) is 69.6 Å². The number of anilines is 1. The molecule has 4 nitrogen and oxygen atoms in total. The quantitative estimate of drug-likeness (QED) is 0.506. The molecule has 0 fully saturated rings. The third kappa shape index (κ3) is 5.02. The van der Waals surface area contributed by atoms with Gasteiger partial charge in [-0.05, 0) is 24.0 Å². The van der Waals surface area contributed by atoms with E-state index >= 15 is 0 Å². The number of hydrogen-bond acceptors (Lipinski definition) is 3. The molecule has 5 heteroatoms. The molecule has 92 valence electrons. The van der Waals surface area contributed by atoms with E-state index in [0.717, 1.165) is 19.3 Å². The molecule has 1 amide bonds. The Hall–Kier alpha value is -1.33. The van der Waals surface area contributed by atoms with Gasteiger partial charge in [0.2, 0.25) is 5.91 Å². The van der Waals surface area contributed by atoms with Crippen molar-refractivity contribution in [3.63, 3.8) is 0 Å². The van der Waals surface area contributed by atoms with Gasteiger partial charge in [-0.1, -0.05) is 31.9 Å². The predicted molar refractivity (Wildman–Crippen MR) is 69.0 cm³/mol. The van der Waals surface area contributed by atoms with Crippen LogP contribution in [0.2, 0.25) is 0 Å². The molecule has 0 radical (unpaired) electrons. The summed E-state index contributed by atoms with van der Waals surface area (Å²) in [5.74, 6) is -0.00394. The second-order valence-corrected chi connectivity index (χ2v) is 4.00. The molecule has 0 aliphatic heterocycles. The summed E-state index contributed by atoms with van der Waals surface area (Å²) in [6.45, 7) is 2.09. The van der Waals surface area contributed by atoms with Crippen molar-refractivity contribution < 1.29 is 14.8 Å². The molecule has 0 aliphatic rings. The van der Waals surface area contributed by atoms with Gasteiger partial charge in [0.25, 0.3) is 0 Å². The molecule has 0 aliphatic carbocycles. The van der Waals surface area contributed by atoms with Crippen LogP contribution in [0.25, 0.3) is 0 Å². The van der Waals surface area contributed by atoms with Crippen molar-refractivity contribution in [1.29, 1.82) is 0 Å². The van der Waals surface area contributed by atoms with Crippen molar-refractivity contribution in [2.45, 2.75) is 32.6 Å². The van der Waals surface area contributed by atoms with Gasteiger partial charge < -0.3 is 15.4 Å². The van der Waals surface area contributed by atoms with Crippen molar-refractivity contribution >= 4 is 24.2 Å². The largest absolute Gasteiger partial charge is 0.488 e. The Morgan fingerprint density at radius 1 is 1.24 bits per heavy atom. The Bertz CT molecular complexity index is 351. The maximum Gasteiger partial charge on any atom is 0.488 e. The van der Waals surface area contributed by atoms with Gasteiger partial charge in [-0.15, -0.1) is 0 Å². The van der Waals surface area contributed by atoms with E-state index in [4.69, 9.17) is 10.0 Å². The molecule has 0 bridgehead atoms. The molecular formula is C12H18BNO3. The highest BCUT2D eigenvalue weighted by Gasteiger charge is 2.10. The van der Waals surface area contributed by atoms with E-state index in [9.17, 15) is 4.79 Å². The van der Waals surface area contributed by atoms with Crippen molar-refractivity contribution in [2.75, 3.05) is 5.32 Å². The van der Waals surface area contributed by atoms with Crippen LogP contribution in [0.4, 0.5) is 5.69 Å². The first-order chi connectivity index (χ1) is 8.13. The first kappa shape index (κ1) is 13.7. The van der Waals surface area contributed by atoms with Gasteiger partial charge in [0.15, 0.2) is 0 Å². The molecule has 0 saturated heterocycles. The third-order valence-electron chi connectivity index (χ3n) is 2.50. The molecule has 1 rings (SSSR count). The van der Waals surface area contributed by atoms with Crippen molar-refractivity contribution in [3.8, 4) is 0 Å². The highest BCUT2D eigenvalue weighted by atomic mass is 16.4. The number of benzene rings is 1. The van der Waals surface area contributed by atoms with Crippen LogP contribution < -0.4 is 10.8 Å². The fourth-order valence-electron chi connectivity index (χ4n) is 1.50. The minimum atomic E-state index is -1.47. The molecule has 0 saturated carbocycles. The number of carbonyl (C=O) groups excluding carboxylic acids is 1. The zero-order valence-corrected chi connectivity index (χ0v) is 10.0. The van der Waals surface area contributed by atoms with E-state index in [1.165, 1.54) is 0 Å². The number of carbonyl (C=O) groups is 1. The van der Waals surface area contributed by atoms with E-state index in [0.29, 0.717) is 17.6 Å². The summed E-state index contributed by atoms with van der Waals surface area (Å²) >= 11 is 0. The lowest BCUT2D eigenvalue weighted by Crippen LogP contribution is -2.29. The number of amides is 1. The molecule has 0 aromatic heterocycles. The van der Waals surface area contributed by atoms with E-state index < -0.39 is 7.12 Å². The van der Waals surface area contributed by atoms with E-state index in [2.05, 4.69) is 12.2 Å². The number of nitrogens with one attached hydrogen (secondary N) is 1. The lowest BCUT2D eigenvalue weighted by atomic mass is 9.80. The molecule has 0 atom stereocenters. The number of hydrogen-bond donors (Lipinski definition) is 3. The standard InChI is InChI=1S/C12H18BNO3/c1-2-3-4-5-12(15)14-11-8-6-10(7-9-11)13(16)17/h6-9,16-17H,2-5H2,1H3,(H,14,15). The Kier molecular flexibility index (Phi) is 5.73. The SMILES string of the molecule is CCCCCC(=O)Nc1ccc(B(O)O)cc1. The fourth-order valence-corrected chi connectivity index (χ4v) is 1.50. The molecule has 1 aromatic carbocycles. The number of rotatable bonds is 6. The Morgan fingerprint density at radius 2 is 1.88 bits per heavy atom. The Balaban J connectivity index is 2.43. The lowest BCUT2D eigenvalue weighted by Gasteiger charge is -2.06. The van der Waals surface area contributed by atoms with E-state index in [-0.39, 0.29) is 5.91 Å². The van der Waals surface area contributed by atoms with Crippen LogP contribution in [0.15, 0.2) is 24.3 Å². The zero-order chi connectivity index (χ0) is 12.7. The van der Waals surface area contributed by atoms with E-state index in [1.54, 1.807) is 24.3 Å². The minimum absolute atomic E-state index is 0.00394. The summed E-state index contributed by atoms with van der Waals surface area (Å²) in [7, 11) is -1.47. The summed E-state index contributed by atoms with van der Waals surface area (Å²) in [5.41, 5.74) is 1.09. The van der Waals surface area contributed by atoms with Crippen LogP contribution in [-0.4, -0.2) is 23.1 Å². The third-order valence-corrected chi connectivity index (χ3v) is 2.50. The van der Waals surface area contributed by atoms with Gasteiger partial charge in [0, 0.05) is 12.1 Å². The highest BCUT2D eigenvalue weighted by Crippen LogP contribution is 2.07. The minimum Gasteiger partial charge on any atom is -0.423 e. The van der Waals surface area contributed by atoms with Crippen LogP contribution in [0.3, 0.4) is 0 Å². The Labute approximate surface area is 102 Å². The average molecular weight is 235 g/mol. The second-order valence-electron chi connectivity index (χ2n) is 4.00. The van der Waals surface area contributed by atoms with Gasteiger partial charge in [-0.2, -0.15) is 0 Å². The maximum absolute atomic E-state index is 11.5. The van der Waals surface area contributed by atoms with E-state index in [1.807, 2.05) is 0 Å². The van der Waals surface area contributed by atoms with Crippen LogP contribution >= 0.6 is 0 Å². The van der Waals surface area contributed by atoms with Crippen molar-refractivity contribution in [2.24, 2.45) is 0 Å². The lowest BCUT2D eigenvalue weighted by molar-refractivity contribution is -0.116. The first-order valence-corrected chi connectivity index (χ1v) is 5.89. The normalized spacial score (nSPS) is 10.1. The van der Waals surface area contributed by atoms with Gasteiger partial charge in [0.1, 0.15) is 0 Å². The first-order valence-electron chi connectivity index (χ1n) is 5.89. The summed E-state index contributed by atoms with van der Waals surface area (Å²) in [5, 5.41) is 20.6. The smallest absolute Gasteiger partial charge is 0.423 e. The van der Waals surface area contributed by atoms with Gasteiger partial charge in [-0.25, -0.2) is 0 Å². The fraction of sp³-hybridized carbons (Fsp3) is 0.417. The van der Waals surface area contributed by atoms with Gasteiger partial charge in [-0.3, -0.25) is 4.79 Å². The molecule has 0 heterocycles. The summed E-state index contributed by atoms with van der Waals surface area (Å²) in [4.78, 5) is 11.5. The summed E-state index contributed by atoms with van der Waals surface area (Å²) < 4.78 is 0. The monoisotopic (exact) mass is 235 g/mol. The summed E-state index contributed by atoms with van der Waals surface area (Å²) in [6.07, 6.45) is 3.58. The molecule has 3 N–H and O–H groups in total. The molecule has 17 heavy (non-hydrogen) atoms. The summed E-state index contributed by atoms with van der Waals surface area (Å²) in [6, 6.07) is 6.47. The molecule has 0 spiro atoms. The van der Waals surface area contributed by atoms with Crippen molar-refractivity contribution in [3.05, 3.63) is 24.3 Å². The molecule has 1 aromatic rings. The van der Waals surface area contributed by atoms with Gasteiger partial charge in [0.05, 0.1) is 0 Å². The average Bonchev–Trinajstić information content (AvgIpc) is 2.30. The van der Waals surface area contributed by atoms with Crippen LogP contribution in [0.1, 0.15) is 32.6 Å². The maximum atomic E-state index is 11.5. The predicted octanol–water partition coefficient (Wildman–Crippen LogP) is 0.885. The van der Waals surface area contributed by atoms with Gasteiger partial charge >= 0.3 is 7.12 Å². The zero-order valence-electron chi connectivity index (χ0n) is 10.0. The molecule has 0 unspecified atom stereocenters. The molecular weight excluding hydrogens is 217 g/mol. The highest BCUT2D eigenvalue weighted by molar-refractivity contribution is 6.58. The van der Waals surface area contributed by atoms with Crippen LogP contribution in [0.5, 0.6) is 0 Å². The van der Waals surface area contributed by atoms with Crippen LogP contribution in [-0.2, 0) is 4.79 Å². The van der Waals surface area contributed by atoms with Crippen molar-refractivity contribution in [1.82, 2.24) is 0 Å². The number of unbranched alkanes of at least 4 members (excludes halogenated alkanes) is 2. The van der Waals surface area contributed by atoms with Crippen LogP contribution in [0, 0.1) is 0 Å². The second kappa shape index (κ2) is 7.09.